The van der Waals surface area contributed by atoms with Gasteiger partial charge in [0, 0.05) is 12.8 Å². The number of hydrogen-bond acceptors (Lipinski definition) is 5. The molecular weight excluding hydrogens is 380 g/mol. The predicted molar refractivity (Wildman–Crippen MR) is 100 cm³/mol. The summed E-state index contributed by atoms with van der Waals surface area (Å²) in [4.78, 5) is 21.0. The van der Waals surface area contributed by atoms with Crippen molar-refractivity contribution in [1.29, 1.82) is 0 Å². The highest BCUT2D eigenvalue weighted by molar-refractivity contribution is 5.68. The average Bonchev–Trinajstić information content (AvgIpc) is 3.15. The Morgan fingerprint density at radius 3 is 2.72 bits per heavy atom. The molecule has 2 heterocycles. The second-order valence-electron chi connectivity index (χ2n) is 7.23. The van der Waals surface area contributed by atoms with Crippen LogP contribution in [0.1, 0.15) is 43.0 Å². The third kappa shape index (κ3) is 4.67. The third-order valence-electron chi connectivity index (χ3n) is 5.17. The number of imidazole rings is 1. The van der Waals surface area contributed by atoms with E-state index in [1.807, 2.05) is 30.3 Å². The van der Waals surface area contributed by atoms with Crippen molar-refractivity contribution in [2.24, 2.45) is 5.92 Å². The van der Waals surface area contributed by atoms with Gasteiger partial charge in [-0.15, -0.1) is 0 Å². The summed E-state index contributed by atoms with van der Waals surface area (Å²) in [5, 5.41) is 6.96. The highest BCUT2D eigenvalue weighted by atomic mass is 19.3. The zero-order valence-corrected chi connectivity index (χ0v) is 15.7. The summed E-state index contributed by atoms with van der Waals surface area (Å²) in [6.07, 6.45) is 4.24. The van der Waals surface area contributed by atoms with Crippen molar-refractivity contribution in [2.75, 3.05) is 0 Å². The first-order valence-electron chi connectivity index (χ1n) is 9.51. The summed E-state index contributed by atoms with van der Waals surface area (Å²) in [6.45, 7) is 0.121. The first-order valence-corrected chi connectivity index (χ1v) is 9.51. The van der Waals surface area contributed by atoms with E-state index in [4.69, 9.17) is 4.74 Å². The van der Waals surface area contributed by atoms with Gasteiger partial charge in [-0.25, -0.2) is 28.1 Å². The number of alkyl carbamates (subject to hydrolysis) is 1. The van der Waals surface area contributed by atoms with Crippen molar-refractivity contribution in [3.05, 3.63) is 60.2 Å². The van der Waals surface area contributed by atoms with Gasteiger partial charge >= 0.3 is 6.09 Å². The minimum atomic E-state index is -2.66. The molecule has 1 amide bonds. The van der Waals surface area contributed by atoms with E-state index in [-0.39, 0.29) is 38.2 Å². The molecule has 9 heteroatoms. The van der Waals surface area contributed by atoms with E-state index in [9.17, 15) is 13.6 Å². The van der Waals surface area contributed by atoms with Gasteiger partial charge in [-0.2, -0.15) is 5.10 Å². The fourth-order valence-electron chi connectivity index (χ4n) is 3.62. The Morgan fingerprint density at radius 2 is 2.00 bits per heavy atom. The topological polar surface area (TPSA) is 81.4 Å². The standard InChI is InChI=1S/C20H21F2N5O2/c21-20(22)8-6-15(7-9-20)17(16-12-27-18(25-16)23-10-11-24-27)26-19(28)29-13-14-4-2-1-3-5-14/h1-5,10-12,15,17H,6-9,13H2,(H,26,28). The minimum absolute atomic E-state index is 0.121. The van der Waals surface area contributed by atoms with E-state index < -0.39 is 18.1 Å². The van der Waals surface area contributed by atoms with E-state index in [2.05, 4.69) is 20.4 Å². The maximum absolute atomic E-state index is 13.6. The van der Waals surface area contributed by atoms with Crippen LogP contribution in [0.4, 0.5) is 13.6 Å². The smallest absolute Gasteiger partial charge is 0.408 e. The largest absolute Gasteiger partial charge is 0.445 e. The molecule has 1 atom stereocenters. The average molecular weight is 401 g/mol. The van der Waals surface area contributed by atoms with Crippen LogP contribution >= 0.6 is 0 Å². The van der Waals surface area contributed by atoms with Gasteiger partial charge in [-0.1, -0.05) is 30.3 Å². The molecular formula is C20H21F2N5O2. The van der Waals surface area contributed by atoms with E-state index in [0.717, 1.165) is 5.56 Å². The predicted octanol–water partition coefficient (Wildman–Crippen LogP) is 3.92. The summed E-state index contributed by atoms with van der Waals surface area (Å²) in [5.41, 5.74) is 1.39. The molecule has 1 aliphatic rings. The van der Waals surface area contributed by atoms with Gasteiger partial charge in [0.15, 0.2) is 0 Å². The van der Waals surface area contributed by atoms with Crippen molar-refractivity contribution in [2.45, 2.75) is 44.3 Å². The fraction of sp³-hybridized carbons (Fsp3) is 0.400. The molecule has 152 valence electrons. The second kappa shape index (κ2) is 8.10. The van der Waals surface area contributed by atoms with E-state index in [0.29, 0.717) is 11.5 Å². The molecule has 0 bridgehead atoms. The van der Waals surface area contributed by atoms with Gasteiger partial charge in [-0.05, 0) is 24.3 Å². The molecule has 0 aliphatic heterocycles. The summed E-state index contributed by atoms with van der Waals surface area (Å²) in [7, 11) is 0. The number of nitrogens with zero attached hydrogens (tertiary/aromatic N) is 4. The zero-order chi connectivity index (χ0) is 20.3. The third-order valence-corrected chi connectivity index (χ3v) is 5.17. The summed E-state index contributed by atoms with van der Waals surface area (Å²) >= 11 is 0. The number of aromatic nitrogens is 4. The number of rotatable bonds is 5. The highest BCUT2D eigenvalue weighted by Gasteiger charge is 2.39. The van der Waals surface area contributed by atoms with Crippen LogP contribution < -0.4 is 5.32 Å². The van der Waals surface area contributed by atoms with Crippen LogP contribution in [0.15, 0.2) is 48.9 Å². The first kappa shape index (κ1) is 19.2. The lowest BCUT2D eigenvalue weighted by molar-refractivity contribution is -0.0497. The van der Waals surface area contributed by atoms with Gasteiger partial charge in [-0.3, -0.25) is 0 Å². The number of nitrogens with one attached hydrogen (secondary N) is 1. The number of amides is 1. The van der Waals surface area contributed by atoms with Gasteiger partial charge in [0.25, 0.3) is 5.78 Å². The molecule has 1 aromatic carbocycles. The Kier molecular flexibility index (Phi) is 5.37. The highest BCUT2D eigenvalue weighted by Crippen LogP contribution is 2.41. The molecule has 0 spiro atoms. The van der Waals surface area contributed by atoms with Crippen LogP contribution in [-0.2, 0) is 11.3 Å². The zero-order valence-electron chi connectivity index (χ0n) is 15.7. The monoisotopic (exact) mass is 401 g/mol. The molecule has 1 N–H and O–H groups in total. The molecule has 1 fully saturated rings. The number of fused-ring (bicyclic) bond motifs is 1. The van der Waals surface area contributed by atoms with Gasteiger partial charge < -0.3 is 10.1 Å². The molecule has 3 aromatic rings. The van der Waals surface area contributed by atoms with Crippen molar-refractivity contribution in [3.63, 3.8) is 0 Å². The lowest BCUT2D eigenvalue weighted by Crippen LogP contribution is -2.37. The lowest BCUT2D eigenvalue weighted by atomic mass is 9.81. The molecule has 0 radical (unpaired) electrons. The molecule has 29 heavy (non-hydrogen) atoms. The van der Waals surface area contributed by atoms with E-state index >= 15 is 0 Å². The molecule has 4 rings (SSSR count). The van der Waals surface area contributed by atoms with Crippen molar-refractivity contribution < 1.29 is 18.3 Å². The van der Waals surface area contributed by atoms with Crippen LogP contribution in [0.2, 0.25) is 0 Å². The Labute approximate surface area is 166 Å². The number of hydrogen-bond donors (Lipinski definition) is 1. The van der Waals surface area contributed by atoms with Crippen LogP contribution in [0.5, 0.6) is 0 Å². The van der Waals surface area contributed by atoms with Gasteiger partial charge in [0.05, 0.1) is 30.3 Å². The number of ether oxygens (including phenoxy) is 1. The lowest BCUT2D eigenvalue weighted by Gasteiger charge is -2.33. The second-order valence-corrected chi connectivity index (χ2v) is 7.23. The SMILES string of the molecule is O=C(NC(c1cn2nccnc2n1)C1CCC(F)(F)CC1)OCc1ccccc1. The molecule has 7 nitrogen and oxygen atoms in total. The van der Waals surface area contributed by atoms with Crippen LogP contribution in [0.3, 0.4) is 0 Å². The van der Waals surface area contributed by atoms with Crippen LogP contribution in [0, 0.1) is 5.92 Å². The van der Waals surface area contributed by atoms with Gasteiger partial charge in [0.2, 0.25) is 5.92 Å². The number of carbonyl (C=O) groups excluding carboxylic acids is 1. The summed E-state index contributed by atoms with van der Waals surface area (Å²) in [6, 6.07) is 8.75. The first-order chi connectivity index (χ1) is 14.0. The Hall–Kier alpha value is -3.10. The summed E-state index contributed by atoms with van der Waals surface area (Å²) < 4.78 is 34.1. The van der Waals surface area contributed by atoms with Crippen LogP contribution in [-0.4, -0.2) is 31.6 Å². The number of alkyl halides is 2. The van der Waals surface area contributed by atoms with Crippen molar-refractivity contribution in [3.8, 4) is 0 Å². The van der Waals surface area contributed by atoms with Crippen molar-refractivity contribution in [1.82, 2.24) is 24.9 Å². The maximum atomic E-state index is 13.6. The molecule has 1 unspecified atom stereocenters. The molecule has 2 aromatic heterocycles. The van der Waals surface area contributed by atoms with E-state index in [1.54, 1.807) is 6.20 Å². The Bertz CT molecular complexity index is 936. The Balaban J connectivity index is 1.50. The molecule has 1 saturated carbocycles. The molecule has 1 aliphatic carbocycles. The quantitative estimate of drug-likeness (QED) is 0.701. The number of carbonyl (C=O) groups is 1. The Morgan fingerprint density at radius 1 is 1.24 bits per heavy atom. The van der Waals surface area contributed by atoms with Gasteiger partial charge in [0.1, 0.15) is 6.61 Å². The molecule has 0 saturated heterocycles. The maximum Gasteiger partial charge on any atom is 0.408 e. The summed E-state index contributed by atoms with van der Waals surface area (Å²) in [5.74, 6) is -2.45. The normalized spacial score (nSPS) is 17.7. The number of halogens is 2. The minimum Gasteiger partial charge on any atom is -0.445 e. The fourth-order valence-corrected chi connectivity index (χ4v) is 3.62. The van der Waals surface area contributed by atoms with E-state index in [1.165, 1.54) is 16.9 Å². The number of benzene rings is 1. The van der Waals surface area contributed by atoms with Crippen molar-refractivity contribution >= 4 is 11.9 Å². The van der Waals surface area contributed by atoms with Crippen LogP contribution in [0.25, 0.3) is 5.78 Å².